The predicted octanol–water partition coefficient (Wildman–Crippen LogP) is 3.65. The summed E-state index contributed by atoms with van der Waals surface area (Å²) in [7, 11) is 0. The second-order valence-corrected chi connectivity index (χ2v) is 6.65. The molecule has 27 heavy (non-hydrogen) atoms. The molecule has 0 aliphatic carbocycles. The van der Waals surface area contributed by atoms with E-state index in [-0.39, 0.29) is 18.6 Å². The third kappa shape index (κ3) is 4.11. The van der Waals surface area contributed by atoms with Gasteiger partial charge in [0, 0.05) is 36.3 Å². The molecule has 3 aromatic rings. The number of H-pyrrole nitrogens is 1. The summed E-state index contributed by atoms with van der Waals surface area (Å²) in [4.78, 5) is 15.1. The van der Waals surface area contributed by atoms with Gasteiger partial charge in [-0.15, -0.1) is 0 Å². The van der Waals surface area contributed by atoms with Crippen LogP contribution in [-0.2, 0) is 9.53 Å². The van der Waals surface area contributed by atoms with Crippen molar-refractivity contribution in [3.63, 3.8) is 0 Å². The SMILES string of the molecule is O=C(COc1cc(F)cc(-c2cccc3[nH]ccc23)c1)NCC1CCCO1. The van der Waals surface area contributed by atoms with Crippen molar-refractivity contribution in [3.8, 4) is 16.9 Å². The molecule has 2 N–H and O–H groups in total. The van der Waals surface area contributed by atoms with Crippen LogP contribution in [0.1, 0.15) is 12.8 Å². The maximum atomic E-state index is 14.1. The van der Waals surface area contributed by atoms with Crippen molar-refractivity contribution < 1.29 is 18.7 Å². The van der Waals surface area contributed by atoms with Crippen LogP contribution in [0.5, 0.6) is 5.75 Å². The molecule has 0 radical (unpaired) electrons. The molecule has 2 heterocycles. The molecule has 6 heteroatoms. The van der Waals surface area contributed by atoms with Gasteiger partial charge in [0.25, 0.3) is 5.91 Å². The van der Waals surface area contributed by atoms with Gasteiger partial charge in [-0.1, -0.05) is 12.1 Å². The molecule has 4 rings (SSSR count). The number of halogens is 1. The summed E-state index contributed by atoms with van der Waals surface area (Å²) in [5, 5.41) is 3.79. The van der Waals surface area contributed by atoms with Crippen molar-refractivity contribution in [3.05, 3.63) is 54.5 Å². The topological polar surface area (TPSA) is 63.4 Å². The van der Waals surface area contributed by atoms with Crippen molar-refractivity contribution in [2.75, 3.05) is 19.8 Å². The second-order valence-electron chi connectivity index (χ2n) is 6.65. The van der Waals surface area contributed by atoms with Crippen LogP contribution < -0.4 is 10.1 Å². The average Bonchev–Trinajstić information content (AvgIpc) is 3.35. The molecule has 0 saturated carbocycles. The van der Waals surface area contributed by atoms with Crippen LogP contribution in [0, 0.1) is 5.82 Å². The first-order valence-corrected chi connectivity index (χ1v) is 9.07. The monoisotopic (exact) mass is 368 g/mol. The zero-order chi connectivity index (χ0) is 18.6. The molecule has 140 valence electrons. The standard InChI is InChI=1S/C21H21FN2O3/c22-15-9-14(18-4-1-5-20-19(18)6-7-23-20)10-17(11-15)27-13-21(25)24-12-16-3-2-8-26-16/h1,4-7,9-11,16,23H,2-3,8,12-13H2,(H,24,25). The van der Waals surface area contributed by atoms with E-state index in [1.807, 2.05) is 30.5 Å². The van der Waals surface area contributed by atoms with Crippen LogP contribution in [0.2, 0.25) is 0 Å². The predicted molar refractivity (Wildman–Crippen MR) is 101 cm³/mol. The number of carbonyl (C=O) groups excluding carboxylic acids is 1. The van der Waals surface area contributed by atoms with Crippen LogP contribution >= 0.6 is 0 Å². The van der Waals surface area contributed by atoms with E-state index in [9.17, 15) is 9.18 Å². The average molecular weight is 368 g/mol. The molecular weight excluding hydrogens is 347 g/mol. The Morgan fingerprint density at radius 3 is 3.07 bits per heavy atom. The molecule has 2 aromatic carbocycles. The van der Waals surface area contributed by atoms with Gasteiger partial charge in [-0.3, -0.25) is 4.79 Å². The van der Waals surface area contributed by atoms with E-state index in [2.05, 4.69) is 10.3 Å². The minimum absolute atomic E-state index is 0.0802. The van der Waals surface area contributed by atoms with E-state index in [4.69, 9.17) is 9.47 Å². The Morgan fingerprint density at radius 2 is 2.22 bits per heavy atom. The second kappa shape index (κ2) is 7.80. The molecule has 1 aromatic heterocycles. The third-order valence-electron chi connectivity index (χ3n) is 4.70. The number of amides is 1. The Morgan fingerprint density at radius 1 is 1.30 bits per heavy atom. The van der Waals surface area contributed by atoms with E-state index in [1.54, 1.807) is 6.07 Å². The summed E-state index contributed by atoms with van der Waals surface area (Å²) >= 11 is 0. The van der Waals surface area contributed by atoms with Gasteiger partial charge in [-0.25, -0.2) is 4.39 Å². The molecule has 1 saturated heterocycles. The Hall–Kier alpha value is -2.86. The maximum Gasteiger partial charge on any atom is 0.258 e. The van der Waals surface area contributed by atoms with Crippen molar-refractivity contribution in [2.45, 2.75) is 18.9 Å². The quantitative estimate of drug-likeness (QED) is 0.698. The highest BCUT2D eigenvalue weighted by Crippen LogP contribution is 2.31. The lowest BCUT2D eigenvalue weighted by Gasteiger charge is -2.12. The van der Waals surface area contributed by atoms with Gasteiger partial charge in [0.1, 0.15) is 11.6 Å². The lowest BCUT2D eigenvalue weighted by molar-refractivity contribution is -0.123. The van der Waals surface area contributed by atoms with E-state index in [0.29, 0.717) is 17.9 Å². The lowest BCUT2D eigenvalue weighted by Crippen LogP contribution is -2.35. The van der Waals surface area contributed by atoms with Gasteiger partial charge in [-0.05, 0) is 48.2 Å². The molecule has 1 aliphatic heterocycles. The molecule has 1 aliphatic rings. The third-order valence-corrected chi connectivity index (χ3v) is 4.70. The molecule has 1 fully saturated rings. The normalized spacial score (nSPS) is 16.6. The lowest BCUT2D eigenvalue weighted by atomic mass is 10.0. The van der Waals surface area contributed by atoms with E-state index < -0.39 is 5.82 Å². The summed E-state index contributed by atoms with van der Waals surface area (Å²) in [5.74, 6) is -0.330. The van der Waals surface area contributed by atoms with Crippen LogP contribution in [0.3, 0.4) is 0 Å². The number of rotatable bonds is 6. The number of benzene rings is 2. The van der Waals surface area contributed by atoms with Gasteiger partial charge < -0.3 is 19.8 Å². The van der Waals surface area contributed by atoms with Gasteiger partial charge in [0.15, 0.2) is 6.61 Å². The first kappa shape index (κ1) is 17.5. The Kier molecular flexibility index (Phi) is 5.07. The van der Waals surface area contributed by atoms with Crippen LogP contribution in [0.15, 0.2) is 48.7 Å². The first-order chi connectivity index (χ1) is 13.2. The van der Waals surface area contributed by atoms with Gasteiger partial charge >= 0.3 is 0 Å². The number of aromatic amines is 1. The minimum atomic E-state index is -0.408. The van der Waals surface area contributed by atoms with E-state index in [1.165, 1.54) is 12.1 Å². The number of ether oxygens (including phenoxy) is 2. The van der Waals surface area contributed by atoms with Gasteiger partial charge in [0.05, 0.1) is 6.10 Å². The highest BCUT2D eigenvalue weighted by Gasteiger charge is 2.16. The summed E-state index contributed by atoms with van der Waals surface area (Å²) in [6.07, 6.45) is 3.91. The molecule has 0 bridgehead atoms. The number of hydrogen-bond donors (Lipinski definition) is 2. The molecule has 1 unspecified atom stereocenters. The molecule has 0 spiro atoms. The number of aromatic nitrogens is 1. The molecular formula is C21H21FN2O3. The summed E-state index contributed by atoms with van der Waals surface area (Å²) < 4.78 is 25.1. The fourth-order valence-electron chi connectivity index (χ4n) is 3.37. The largest absolute Gasteiger partial charge is 0.484 e. The van der Waals surface area contributed by atoms with Crippen molar-refractivity contribution in [1.29, 1.82) is 0 Å². The number of fused-ring (bicyclic) bond motifs is 1. The van der Waals surface area contributed by atoms with Crippen LogP contribution in [-0.4, -0.2) is 36.8 Å². The zero-order valence-corrected chi connectivity index (χ0v) is 14.8. The maximum absolute atomic E-state index is 14.1. The smallest absolute Gasteiger partial charge is 0.258 e. The summed E-state index contributed by atoms with van der Waals surface area (Å²) in [6, 6.07) is 12.3. The first-order valence-electron chi connectivity index (χ1n) is 9.07. The van der Waals surface area contributed by atoms with E-state index >= 15 is 0 Å². The molecule has 1 atom stereocenters. The van der Waals surface area contributed by atoms with Crippen LogP contribution in [0.25, 0.3) is 22.0 Å². The number of carbonyl (C=O) groups is 1. The molecule has 1 amide bonds. The molecule has 5 nitrogen and oxygen atoms in total. The number of hydrogen-bond acceptors (Lipinski definition) is 3. The summed E-state index contributed by atoms with van der Waals surface area (Å²) in [5.41, 5.74) is 2.59. The van der Waals surface area contributed by atoms with Crippen molar-refractivity contribution >= 4 is 16.8 Å². The van der Waals surface area contributed by atoms with Crippen LogP contribution in [0.4, 0.5) is 4.39 Å². The Balaban J connectivity index is 1.44. The fraction of sp³-hybridized carbons (Fsp3) is 0.286. The highest BCUT2D eigenvalue weighted by molar-refractivity contribution is 5.95. The van der Waals surface area contributed by atoms with Crippen molar-refractivity contribution in [2.24, 2.45) is 0 Å². The van der Waals surface area contributed by atoms with Crippen molar-refractivity contribution in [1.82, 2.24) is 10.3 Å². The highest BCUT2D eigenvalue weighted by atomic mass is 19.1. The Labute approximate surface area is 156 Å². The minimum Gasteiger partial charge on any atom is -0.484 e. The fourth-order valence-corrected chi connectivity index (χ4v) is 3.37. The van der Waals surface area contributed by atoms with Gasteiger partial charge in [0.2, 0.25) is 0 Å². The van der Waals surface area contributed by atoms with E-state index in [0.717, 1.165) is 35.9 Å². The number of nitrogens with one attached hydrogen (secondary N) is 2. The summed E-state index contributed by atoms with van der Waals surface area (Å²) in [6.45, 7) is 1.06. The van der Waals surface area contributed by atoms with Gasteiger partial charge in [-0.2, -0.15) is 0 Å². The zero-order valence-electron chi connectivity index (χ0n) is 14.8. The Bertz CT molecular complexity index is 948.